The number of nitro groups is 1. The molecule has 0 bridgehead atoms. The summed E-state index contributed by atoms with van der Waals surface area (Å²) in [5.41, 5.74) is 2.68. The Morgan fingerprint density at radius 2 is 1.96 bits per heavy atom. The van der Waals surface area contributed by atoms with Crippen molar-refractivity contribution in [3.05, 3.63) is 87.7 Å². The van der Waals surface area contributed by atoms with E-state index in [-0.39, 0.29) is 11.6 Å². The zero-order chi connectivity index (χ0) is 18.5. The number of hydrogen-bond acceptors (Lipinski definition) is 4. The Kier molecular flexibility index (Phi) is 5.07. The second-order valence-corrected chi connectivity index (χ2v) is 5.76. The molecule has 0 radical (unpaired) electrons. The minimum Gasteiger partial charge on any atom is -0.322 e. The first-order valence-electron chi connectivity index (χ1n) is 8.23. The number of nitrogens with zero attached hydrogens (tertiary/aromatic N) is 3. The summed E-state index contributed by atoms with van der Waals surface area (Å²) in [5.74, 6) is -0.332. The van der Waals surface area contributed by atoms with Crippen molar-refractivity contribution in [1.82, 2.24) is 9.78 Å². The van der Waals surface area contributed by atoms with Crippen molar-refractivity contribution in [2.24, 2.45) is 0 Å². The molecule has 3 aromatic rings. The van der Waals surface area contributed by atoms with Gasteiger partial charge in [-0.2, -0.15) is 5.10 Å². The predicted molar refractivity (Wildman–Crippen MR) is 98.2 cm³/mol. The van der Waals surface area contributed by atoms with E-state index in [2.05, 4.69) is 10.4 Å². The van der Waals surface area contributed by atoms with Crippen LogP contribution in [0.2, 0.25) is 0 Å². The Morgan fingerprint density at radius 1 is 1.19 bits per heavy atom. The van der Waals surface area contributed by atoms with Gasteiger partial charge in [-0.15, -0.1) is 0 Å². The fourth-order valence-electron chi connectivity index (χ4n) is 2.76. The fraction of sp³-hybridized carbons (Fsp3) is 0.158. The second kappa shape index (κ2) is 7.60. The van der Waals surface area contributed by atoms with E-state index in [0.29, 0.717) is 24.2 Å². The molecule has 7 nitrogen and oxygen atoms in total. The molecule has 3 rings (SSSR count). The van der Waals surface area contributed by atoms with Crippen molar-refractivity contribution >= 4 is 17.3 Å². The zero-order valence-electron chi connectivity index (χ0n) is 14.3. The van der Waals surface area contributed by atoms with Gasteiger partial charge in [0, 0.05) is 17.8 Å². The van der Waals surface area contributed by atoms with Gasteiger partial charge in [-0.05, 0) is 18.1 Å². The van der Waals surface area contributed by atoms with E-state index in [9.17, 15) is 14.9 Å². The van der Waals surface area contributed by atoms with Gasteiger partial charge in [0.1, 0.15) is 0 Å². The molecule has 0 aliphatic rings. The van der Waals surface area contributed by atoms with Gasteiger partial charge < -0.3 is 5.32 Å². The maximum Gasteiger partial charge on any atom is 0.271 e. The topological polar surface area (TPSA) is 90.1 Å². The van der Waals surface area contributed by atoms with Crippen LogP contribution >= 0.6 is 0 Å². The number of nitrogens with one attached hydrogen (secondary N) is 1. The van der Waals surface area contributed by atoms with Crippen LogP contribution in [0.25, 0.3) is 0 Å². The Hall–Kier alpha value is -3.48. The summed E-state index contributed by atoms with van der Waals surface area (Å²) in [6.45, 7) is 2.54. The van der Waals surface area contributed by atoms with Gasteiger partial charge in [0.15, 0.2) is 0 Å². The largest absolute Gasteiger partial charge is 0.322 e. The Labute approximate surface area is 150 Å². The summed E-state index contributed by atoms with van der Waals surface area (Å²) in [6.07, 6.45) is 2.18. The van der Waals surface area contributed by atoms with E-state index < -0.39 is 4.92 Å². The van der Waals surface area contributed by atoms with Crippen molar-refractivity contribution in [2.75, 3.05) is 5.32 Å². The van der Waals surface area contributed by atoms with Crippen molar-refractivity contribution < 1.29 is 9.72 Å². The van der Waals surface area contributed by atoms with Crippen LogP contribution in [0.4, 0.5) is 11.4 Å². The van der Waals surface area contributed by atoms with E-state index in [4.69, 9.17) is 0 Å². The fourth-order valence-corrected chi connectivity index (χ4v) is 2.76. The quantitative estimate of drug-likeness (QED) is 0.543. The smallest absolute Gasteiger partial charge is 0.271 e. The number of non-ortho nitro benzene ring substituents is 1. The molecule has 26 heavy (non-hydrogen) atoms. The molecule has 7 heteroatoms. The summed E-state index contributed by atoms with van der Waals surface area (Å²) < 4.78 is 1.80. The average molecular weight is 350 g/mol. The van der Waals surface area contributed by atoms with Gasteiger partial charge in [-0.1, -0.05) is 43.3 Å². The molecule has 0 atom stereocenters. The summed E-state index contributed by atoms with van der Waals surface area (Å²) >= 11 is 0. The average Bonchev–Trinajstić information content (AvgIpc) is 3.05. The monoisotopic (exact) mass is 350 g/mol. The van der Waals surface area contributed by atoms with Crippen molar-refractivity contribution in [3.63, 3.8) is 0 Å². The summed E-state index contributed by atoms with van der Waals surface area (Å²) in [6, 6.07) is 15.7. The highest BCUT2D eigenvalue weighted by molar-refractivity contribution is 6.05. The SMILES string of the molecule is CCc1c(C(=O)Nc2cccc([N+](=O)[O-])c2)cnn1Cc1ccccc1. The minimum absolute atomic E-state index is 0.0710. The number of nitro benzene ring substituents is 1. The molecule has 1 heterocycles. The van der Waals surface area contributed by atoms with Crippen molar-refractivity contribution in [3.8, 4) is 0 Å². The van der Waals surface area contributed by atoms with Gasteiger partial charge >= 0.3 is 0 Å². The van der Waals surface area contributed by atoms with Crippen LogP contribution in [0.3, 0.4) is 0 Å². The number of carbonyl (C=O) groups excluding carboxylic acids is 1. The maximum absolute atomic E-state index is 12.6. The lowest BCUT2D eigenvalue weighted by atomic mass is 10.1. The molecule has 2 aromatic carbocycles. The van der Waals surface area contributed by atoms with Crippen LogP contribution in [-0.4, -0.2) is 20.6 Å². The lowest BCUT2D eigenvalue weighted by molar-refractivity contribution is -0.384. The van der Waals surface area contributed by atoms with Crippen LogP contribution in [0.5, 0.6) is 0 Å². The third kappa shape index (κ3) is 3.77. The molecule has 1 amide bonds. The predicted octanol–water partition coefficient (Wildman–Crippen LogP) is 3.65. The Bertz CT molecular complexity index is 935. The first-order chi connectivity index (χ1) is 12.6. The first-order valence-corrected chi connectivity index (χ1v) is 8.23. The maximum atomic E-state index is 12.6. The third-order valence-electron chi connectivity index (χ3n) is 4.02. The van der Waals surface area contributed by atoms with E-state index >= 15 is 0 Å². The molecule has 0 fully saturated rings. The molecule has 0 aliphatic heterocycles. The molecular formula is C19H18N4O3. The molecule has 0 saturated heterocycles. The van der Waals surface area contributed by atoms with Crippen LogP contribution in [0, 0.1) is 10.1 Å². The molecule has 0 unspecified atom stereocenters. The standard InChI is InChI=1S/C19H18N4O3/c1-2-18-17(12-20-22(18)13-14-7-4-3-5-8-14)19(24)21-15-9-6-10-16(11-15)23(25)26/h3-12H,2,13H2,1H3,(H,21,24). The number of rotatable bonds is 6. The zero-order valence-corrected chi connectivity index (χ0v) is 14.3. The van der Waals surface area contributed by atoms with Crippen LogP contribution in [0.15, 0.2) is 60.8 Å². The second-order valence-electron chi connectivity index (χ2n) is 5.76. The molecule has 1 aromatic heterocycles. The number of hydrogen-bond donors (Lipinski definition) is 1. The van der Waals surface area contributed by atoms with Crippen molar-refractivity contribution in [2.45, 2.75) is 19.9 Å². The summed E-state index contributed by atoms with van der Waals surface area (Å²) in [5, 5.41) is 17.9. The molecule has 1 N–H and O–H groups in total. The highest BCUT2D eigenvalue weighted by atomic mass is 16.6. The molecule has 132 valence electrons. The van der Waals surface area contributed by atoms with E-state index in [1.54, 1.807) is 10.7 Å². The van der Waals surface area contributed by atoms with E-state index in [1.165, 1.54) is 24.4 Å². The van der Waals surface area contributed by atoms with Crippen LogP contribution < -0.4 is 5.32 Å². The van der Waals surface area contributed by atoms with Crippen LogP contribution in [0.1, 0.15) is 28.5 Å². The lowest BCUT2D eigenvalue weighted by Gasteiger charge is -2.09. The highest BCUT2D eigenvalue weighted by Crippen LogP contribution is 2.19. The number of aromatic nitrogens is 2. The molecule has 0 spiro atoms. The summed E-state index contributed by atoms with van der Waals surface area (Å²) in [4.78, 5) is 23.0. The molecular weight excluding hydrogens is 332 g/mol. The van der Waals surface area contributed by atoms with Gasteiger partial charge in [0.2, 0.25) is 0 Å². The van der Waals surface area contributed by atoms with Gasteiger partial charge in [-0.3, -0.25) is 19.6 Å². The number of benzene rings is 2. The first kappa shape index (κ1) is 17.3. The Morgan fingerprint density at radius 3 is 2.65 bits per heavy atom. The van der Waals surface area contributed by atoms with Crippen LogP contribution in [-0.2, 0) is 13.0 Å². The third-order valence-corrected chi connectivity index (χ3v) is 4.02. The Balaban J connectivity index is 1.81. The van der Waals surface area contributed by atoms with E-state index in [0.717, 1.165) is 11.3 Å². The molecule has 0 aliphatic carbocycles. The van der Waals surface area contributed by atoms with Gasteiger partial charge in [-0.25, -0.2) is 0 Å². The van der Waals surface area contributed by atoms with Gasteiger partial charge in [0.05, 0.1) is 28.9 Å². The minimum atomic E-state index is -0.495. The van der Waals surface area contributed by atoms with Crippen molar-refractivity contribution in [1.29, 1.82) is 0 Å². The summed E-state index contributed by atoms with van der Waals surface area (Å²) in [7, 11) is 0. The highest BCUT2D eigenvalue weighted by Gasteiger charge is 2.17. The lowest BCUT2D eigenvalue weighted by Crippen LogP contribution is -2.15. The number of amides is 1. The van der Waals surface area contributed by atoms with Gasteiger partial charge in [0.25, 0.3) is 11.6 Å². The number of anilines is 1. The normalized spacial score (nSPS) is 10.5. The van der Waals surface area contributed by atoms with E-state index in [1.807, 2.05) is 37.3 Å². The number of carbonyl (C=O) groups is 1. The molecule has 0 saturated carbocycles.